The van der Waals surface area contributed by atoms with Crippen LogP contribution in [-0.4, -0.2) is 77.4 Å². The van der Waals surface area contributed by atoms with E-state index in [0.717, 1.165) is 6.33 Å². The van der Waals surface area contributed by atoms with Gasteiger partial charge in [-0.3, -0.25) is 13.6 Å². The second kappa shape index (κ2) is 8.39. The quantitative estimate of drug-likeness (QED) is 0.168. The first kappa shape index (κ1) is 24.1. The molecule has 0 amide bonds. The molecule has 0 aromatic carbocycles. The molecule has 1 fully saturated rings. The Hall–Kier alpha value is -1.60. The van der Waals surface area contributed by atoms with Gasteiger partial charge in [0.1, 0.15) is 30.2 Å². The maximum atomic E-state index is 12.2. The molecule has 1 aliphatic heterocycles. The number of aliphatic hydroxyl groups excluding tert-OH is 2. The fourth-order valence-electron chi connectivity index (χ4n) is 2.62. The Balaban J connectivity index is 1.79. The number of hydrogen-bond acceptors (Lipinski definition) is 14. The number of imidazole rings is 1. The van der Waals surface area contributed by atoms with Crippen LogP contribution in [0.2, 0.25) is 0 Å². The highest BCUT2D eigenvalue weighted by molar-refractivity contribution is 7.86. The second-order valence-electron chi connectivity index (χ2n) is 5.95. The summed E-state index contributed by atoms with van der Waals surface area (Å²) < 4.78 is 71.6. The molecule has 1 aliphatic rings. The first-order valence-corrected chi connectivity index (χ1v) is 12.2. The molecule has 21 heteroatoms. The Labute approximate surface area is 172 Å². The summed E-state index contributed by atoms with van der Waals surface area (Å²) >= 11 is 0. The smallest absolute Gasteiger partial charge is 0.387 e. The van der Waals surface area contributed by atoms with Gasteiger partial charge in [0.25, 0.3) is 0 Å². The zero-order chi connectivity index (χ0) is 23.2. The molecule has 3 heterocycles. The number of aromatic nitrogens is 4. The molecule has 1 unspecified atom stereocenters. The van der Waals surface area contributed by atoms with Gasteiger partial charge in [0, 0.05) is 0 Å². The van der Waals surface area contributed by atoms with E-state index in [9.17, 15) is 27.8 Å². The van der Waals surface area contributed by atoms with Gasteiger partial charge in [-0.1, -0.05) is 0 Å². The van der Waals surface area contributed by atoms with Gasteiger partial charge >= 0.3 is 26.0 Å². The van der Waals surface area contributed by atoms with Crippen LogP contribution in [0.3, 0.4) is 0 Å². The van der Waals surface area contributed by atoms with Crippen molar-refractivity contribution in [1.82, 2.24) is 19.5 Å². The lowest BCUT2D eigenvalue weighted by Crippen LogP contribution is -2.33. The van der Waals surface area contributed by atoms with Crippen LogP contribution in [0.25, 0.3) is 11.2 Å². The third kappa shape index (κ3) is 5.61. The molecule has 0 aliphatic carbocycles. The Bertz CT molecular complexity index is 1170. The van der Waals surface area contributed by atoms with Crippen molar-refractivity contribution < 1.29 is 59.6 Å². The van der Waals surface area contributed by atoms with Crippen molar-refractivity contribution >= 4 is 43.0 Å². The van der Waals surface area contributed by atoms with E-state index < -0.39 is 57.2 Å². The average molecular weight is 507 g/mol. The molecule has 0 saturated carbocycles. The standard InChI is InChI=1S/C10H15N5O13P2S/c11-8-5-9(13-2-12-8)15(3-14-5)10-7(17)6(16)4(26-10)1-25-30(21,27-29(18,19)20)28-31(22,23)24/h2-4,6-7,10,16-17H,1H2,(H2,11,12,13)(H2,18,19,20)(H,22,23,24)/t4-,6-,7-,10-,30?/m1/s1. The first-order valence-electron chi connectivity index (χ1n) is 7.84. The van der Waals surface area contributed by atoms with Crippen LogP contribution in [0, 0.1) is 0 Å². The van der Waals surface area contributed by atoms with Crippen LogP contribution in [0.4, 0.5) is 5.82 Å². The summed E-state index contributed by atoms with van der Waals surface area (Å²) in [6.07, 6.45) is -4.00. The van der Waals surface area contributed by atoms with Gasteiger partial charge in [-0.2, -0.15) is 12.7 Å². The zero-order valence-electron chi connectivity index (χ0n) is 14.8. The molecule has 2 aromatic heterocycles. The van der Waals surface area contributed by atoms with Crippen LogP contribution in [-0.2, 0) is 37.1 Å². The molecule has 18 nitrogen and oxygen atoms in total. The average Bonchev–Trinajstić information content (AvgIpc) is 3.13. The first-order chi connectivity index (χ1) is 14.2. The molecule has 0 bridgehead atoms. The highest BCUT2D eigenvalue weighted by Gasteiger charge is 2.47. The van der Waals surface area contributed by atoms with Crippen molar-refractivity contribution in [3.63, 3.8) is 0 Å². The predicted octanol–water partition coefficient (Wildman–Crippen LogP) is -1.92. The Morgan fingerprint density at radius 3 is 2.48 bits per heavy atom. The molecule has 5 atom stereocenters. The summed E-state index contributed by atoms with van der Waals surface area (Å²) in [6, 6.07) is 0. The molecular formula is C10H15N5O13P2S. The monoisotopic (exact) mass is 507 g/mol. The van der Waals surface area contributed by atoms with Crippen LogP contribution >= 0.6 is 15.6 Å². The van der Waals surface area contributed by atoms with Crippen molar-refractivity contribution in [3.8, 4) is 0 Å². The van der Waals surface area contributed by atoms with E-state index in [2.05, 4.69) is 27.8 Å². The van der Waals surface area contributed by atoms with Gasteiger partial charge in [0.15, 0.2) is 17.7 Å². The van der Waals surface area contributed by atoms with E-state index in [-0.39, 0.29) is 17.0 Å². The number of anilines is 1. The summed E-state index contributed by atoms with van der Waals surface area (Å²) in [5.74, 6) is 0.0227. The Kier molecular flexibility index (Phi) is 6.51. The summed E-state index contributed by atoms with van der Waals surface area (Å²) in [4.78, 5) is 29.1. The van der Waals surface area contributed by atoms with E-state index >= 15 is 0 Å². The maximum Gasteiger partial charge on any atom is 0.500 e. The number of rotatable bonds is 8. The highest BCUT2D eigenvalue weighted by Crippen LogP contribution is 2.62. The van der Waals surface area contributed by atoms with Crippen molar-refractivity contribution in [3.05, 3.63) is 12.7 Å². The molecule has 3 rings (SSSR count). The molecule has 1 saturated heterocycles. The van der Waals surface area contributed by atoms with Gasteiger partial charge in [0.05, 0.1) is 12.9 Å². The number of ether oxygens (including phenoxy) is 1. The lowest BCUT2D eigenvalue weighted by molar-refractivity contribution is -0.0500. The van der Waals surface area contributed by atoms with E-state index in [4.69, 9.17) is 24.8 Å². The van der Waals surface area contributed by atoms with Crippen LogP contribution in [0.1, 0.15) is 6.23 Å². The summed E-state index contributed by atoms with van der Waals surface area (Å²) in [5, 5.41) is 20.5. The molecule has 0 spiro atoms. The predicted molar refractivity (Wildman–Crippen MR) is 95.0 cm³/mol. The summed E-state index contributed by atoms with van der Waals surface area (Å²) in [6.45, 7) is -1.06. The number of nitrogens with two attached hydrogens (primary N) is 1. The minimum Gasteiger partial charge on any atom is -0.387 e. The number of nitrogen functional groups attached to an aromatic ring is 1. The topological polar surface area (TPSA) is 276 Å². The van der Waals surface area contributed by atoms with E-state index in [1.165, 1.54) is 10.9 Å². The Morgan fingerprint density at radius 1 is 1.19 bits per heavy atom. The lowest BCUT2D eigenvalue weighted by atomic mass is 10.1. The van der Waals surface area contributed by atoms with Crippen molar-refractivity contribution in [1.29, 1.82) is 0 Å². The number of phosphoric acid groups is 2. The van der Waals surface area contributed by atoms with E-state index in [0.29, 0.717) is 0 Å². The number of fused-ring (bicyclic) bond motifs is 1. The van der Waals surface area contributed by atoms with Gasteiger partial charge in [-0.15, -0.1) is 3.97 Å². The van der Waals surface area contributed by atoms with E-state index in [1.54, 1.807) is 0 Å². The molecule has 0 radical (unpaired) electrons. The zero-order valence-corrected chi connectivity index (χ0v) is 17.4. The number of aliphatic hydroxyl groups is 2. The summed E-state index contributed by atoms with van der Waals surface area (Å²) in [5.41, 5.74) is 5.94. The minimum absolute atomic E-state index is 0.0227. The summed E-state index contributed by atoms with van der Waals surface area (Å²) in [7, 11) is -16.8. The number of hydrogen-bond donors (Lipinski definition) is 6. The lowest BCUT2D eigenvalue weighted by Gasteiger charge is -2.19. The largest absolute Gasteiger partial charge is 0.500 e. The maximum absolute atomic E-state index is 12.2. The van der Waals surface area contributed by atoms with Crippen molar-refractivity contribution in [2.45, 2.75) is 24.5 Å². The van der Waals surface area contributed by atoms with Gasteiger partial charge in [-0.05, 0) is 0 Å². The third-order valence-electron chi connectivity index (χ3n) is 3.79. The fourth-order valence-corrected chi connectivity index (χ4v) is 5.63. The molecular weight excluding hydrogens is 492 g/mol. The molecule has 2 aromatic rings. The highest BCUT2D eigenvalue weighted by atomic mass is 32.3. The van der Waals surface area contributed by atoms with Gasteiger partial charge in [-0.25, -0.2) is 24.1 Å². The van der Waals surface area contributed by atoms with Crippen LogP contribution in [0.5, 0.6) is 0 Å². The normalized spacial score (nSPS) is 26.9. The second-order valence-corrected chi connectivity index (χ2v) is 10.2. The molecule has 174 valence electrons. The molecule has 7 N–H and O–H groups in total. The van der Waals surface area contributed by atoms with Gasteiger partial charge < -0.3 is 30.5 Å². The van der Waals surface area contributed by atoms with Crippen LogP contribution < -0.4 is 5.73 Å². The minimum atomic E-state index is -5.63. The van der Waals surface area contributed by atoms with Gasteiger partial charge in [0.2, 0.25) is 0 Å². The Morgan fingerprint density at radius 2 is 1.87 bits per heavy atom. The molecule has 31 heavy (non-hydrogen) atoms. The SMILES string of the molecule is Nc1ncnc2c1ncn2[C@@H]1O[C@H](COP(=O)(OP(=O)(O)O)OS(=O)(=O)O)[C@@H](O)[C@H]1O. The van der Waals surface area contributed by atoms with Crippen LogP contribution in [0.15, 0.2) is 12.7 Å². The number of nitrogens with zero attached hydrogens (tertiary/aromatic N) is 4. The fraction of sp³-hybridized carbons (Fsp3) is 0.500. The third-order valence-corrected chi connectivity index (χ3v) is 7.39. The van der Waals surface area contributed by atoms with E-state index in [1.807, 2.05) is 0 Å². The van der Waals surface area contributed by atoms with Crippen molar-refractivity contribution in [2.75, 3.05) is 12.3 Å². The van der Waals surface area contributed by atoms with Crippen molar-refractivity contribution in [2.24, 2.45) is 0 Å².